The third-order valence-corrected chi connectivity index (χ3v) is 1.11. The van der Waals surface area contributed by atoms with Crippen molar-refractivity contribution in [1.82, 2.24) is 4.98 Å². The number of hydrogen-bond acceptors (Lipinski definition) is 3. The Hall–Kier alpha value is -1.56. The molecule has 0 unspecified atom stereocenters. The maximum atomic E-state index is 9.03. The minimum absolute atomic E-state index is 0.0871. The van der Waals surface area contributed by atoms with Crippen LogP contribution in [0.15, 0.2) is 18.3 Å². The first-order chi connectivity index (χ1) is 4.84. The molecule has 1 aromatic rings. The minimum atomic E-state index is 0.0871. The summed E-state index contributed by atoms with van der Waals surface area (Å²) in [7, 11) is 0. The Morgan fingerprint density at radius 1 is 1.70 bits per heavy atom. The summed E-state index contributed by atoms with van der Waals surface area (Å²) in [5, 5.41) is 17.3. The van der Waals surface area contributed by atoms with Gasteiger partial charge < -0.3 is 5.11 Å². The first-order valence-electron chi connectivity index (χ1n) is 2.84. The second-order valence-corrected chi connectivity index (χ2v) is 1.80. The highest BCUT2D eigenvalue weighted by Gasteiger charge is 1.97. The molecule has 1 heterocycles. The summed E-state index contributed by atoms with van der Waals surface area (Å²) < 4.78 is 0. The van der Waals surface area contributed by atoms with Gasteiger partial charge in [-0.05, 0) is 12.1 Å². The van der Waals surface area contributed by atoms with Crippen LogP contribution in [0.5, 0.6) is 5.75 Å². The molecule has 10 heavy (non-hydrogen) atoms. The number of nitrogens with zero attached hydrogens (tertiary/aromatic N) is 2. The van der Waals surface area contributed by atoms with Crippen LogP contribution in [0.2, 0.25) is 0 Å². The topological polar surface area (TPSA) is 56.9 Å². The van der Waals surface area contributed by atoms with Crippen molar-refractivity contribution in [2.45, 2.75) is 6.42 Å². The molecule has 0 aliphatic carbocycles. The van der Waals surface area contributed by atoms with Crippen LogP contribution < -0.4 is 0 Å². The van der Waals surface area contributed by atoms with Crippen LogP contribution >= 0.6 is 0 Å². The summed E-state index contributed by atoms with van der Waals surface area (Å²) in [6, 6.07) is 5.04. The van der Waals surface area contributed by atoms with E-state index in [1.165, 1.54) is 6.07 Å². The number of rotatable bonds is 1. The fourth-order valence-corrected chi connectivity index (χ4v) is 0.641. The van der Waals surface area contributed by atoms with Gasteiger partial charge in [-0.1, -0.05) is 0 Å². The Bertz CT molecular complexity index is 265. The zero-order valence-corrected chi connectivity index (χ0v) is 5.28. The van der Waals surface area contributed by atoms with Crippen LogP contribution in [0.3, 0.4) is 0 Å². The summed E-state index contributed by atoms with van der Waals surface area (Å²) in [6.07, 6.45) is 1.71. The maximum absolute atomic E-state index is 9.03. The van der Waals surface area contributed by atoms with Crippen molar-refractivity contribution < 1.29 is 5.11 Å². The van der Waals surface area contributed by atoms with Gasteiger partial charge in [0.15, 0.2) is 0 Å². The third kappa shape index (κ3) is 1.23. The molecule has 50 valence electrons. The highest BCUT2D eigenvalue weighted by Crippen LogP contribution is 2.11. The Morgan fingerprint density at radius 2 is 2.50 bits per heavy atom. The van der Waals surface area contributed by atoms with Crippen LogP contribution in [0.1, 0.15) is 5.69 Å². The van der Waals surface area contributed by atoms with Gasteiger partial charge in [-0.15, -0.1) is 0 Å². The van der Waals surface area contributed by atoms with E-state index >= 15 is 0 Å². The molecule has 1 rings (SSSR count). The van der Waals surface area contributed by atoms with Crippen LogP contribution in [0.4, 0.5) is 0 Å². The van der Waals surface area contributed by atoms with Crippen LogP contribution in [-0.2, 0) is 6.42 Å². The third-order valence-electron chi connectivity index (χ3n) is 1.11. The lowest BCUT2D eigenvalue weighted by atomic mass is 10.3. The number of nitriles is 1. The molecule has 0 fully saturated rings. The van der Waals surface area contributed by atoms with Gasteiger partial charge in [0.05, 0.1) is 18.2 Å². The SMILES string of the molecule is N#CCc1ncccc1O. The largest absolute Gasteiger partial charge is 0.506 e. The number of aromatic hydroxyl groups is 1. The number of pyridine rings is 1. The zero-order valence-electron chi connectivity index (χ0n) is 5.28. The number of aromatic nitrogens is 1. The lowest BCUT2D eigenvalue weighted by molar-refractivity contribution is 0.466. The Labute approximate surface area is 58.6 Å². The van der Waals surface area contributed by atoms with E-state index in [1.54, 1.807) is 12.3 Å². The minimum Gasteiger partial charge on any atom is -0.506 e. The van der Waals surface area contributed by atoms with E-state index in [0.29, 0.717) is 5.69 Å². The molecule has 3 heteroatoms. The molecule has 0 radical (unpaired) electrons. The smallest absolute Gasteiger partial charge is 0.138 e. The van der Waals surface area contributed by atoms with Crippen LogP contribution in [0.25, 0.3) is 0 Å². The van der Waals surface area contributed by atoms with Crippen molar-refractivity contribution in [3.63, 3.8) is 0 Å². The van der Waals surface area contributed by atoms with Gasteiger partial charge >= 0.3 is 0 Å². The van der Waals surface area contributed by atoms with Crippen LogP contribution in [0, 0.1) is 11.3 Å². The molecule has 0 atom stereocenters. The molecule has 0 spiro atoms. The normalized spacial score (nSPS) is 8.70. The second-order valence-electron chi connectivity index (χ2n) is 1.80. The maximum Gasteiger partial charge on any atom is 0.138 e. The van der Waals surface area contributed by atoms with E-state index in [-0.39, 0.29) is 12.2 Å². The highest BCUT2D eigenvalue weighted by atomic mass is 16.3. The van der Waals surface area contributed by atoms with E-state index in [2.05, 4.69) is 4.98 Å². The summed E-state index contributed by atoms with van der Waals surface area (Å²) in [4.78, 5) is 3.80. The predicted molar refractivity (Wildman–Crippen MR) is 35.2 cm³/mol. The summed E-state index contributed by atoms with van der Waals surface area (Å²) in [6.45, 7) is 0. The fourth-order valence-electron chi connectivity index (χ4n) is 0.641. The van der Waals surface area contributed by atoms with E-state index in [0.717, 1.165) is 0 Å². The average molecular weight is 134 g/mol. The van der Waals surface area contributed by atoms with E-state index in [9.17, 15) is 0 Å². The average Bonchev–Trinajstić information content (AvgIpc) is 1.94. The first-order valence-corrected chi connectivity index (χ1v) is 2.84. The summed E-state index contributed by atoms with van der Waals surface area (Å²) in [5.74, 6) is 0.0871. The van der Waals surface area contributed by atoms with Crippen molar-refractivity contribution in [1.29, 1.82) is 5.26 Å². The Kier molecular flexibility index (Phi) is 1.86. The Balaban J connectivity index is 2.94. The molecule has 0 saturated heterocycles. The molecule has 0 amide bonds. The molecular formula is C7H6N2O. The monoisotopic (exact) mass is 134 g/mol. The fraction of sp³-hybridized carbons (Fsp3) is 0.143. The van der Waals surface area contributed by atoms with Crippen molar-refractivity contribution in [2.75, 3.05) is 0 Å². The molecule has 0 aliphatic heterocycles. The van der Waals surface area contributed by atoms with Gasteiger partial charge in [-0.3, -0.25) is 4.98 Å². The molecule has 0 aromatic carbocycles. The van der Waals surface area contributed by atoms with Gasteiger partial charge in [0, 0.05) is 6.20 Å². The summed E-state index contributed by atoms with van der Waals surface area (Å²) >= 11 is 0. The molecule has 3 nitrogen and oxygen atoms in total. The Morgan fingerprint density at radius 3 is 3.10 bits per heavy atom. The quantitative estimate of drug-likeness (QED) is 0.619. The highest BCUT2D eigenvalue weighted by molar-refractivity contribution is 5.26. The van der Waals surface area contributed by atoms with E-state index < -0.39 is 0 Å². The zero-order chi connectivity index (χ0) is 7.40. The van der Waals surface area contributed by atoms with Gasteiger partial charge in [0.1, 0.15) is 5.75 Å². The summed E-state index contributed by atoms with van der Waals surface area (Å²) in [5.41, 5.74) is 0.435. The first kappa shape index (κ1) is 6.56. The predicted octanol–water partition coefficient (Wildman–Crippen LogP) is 0.853. The van der Waals surface area contributed by atoms with Crippen LogP contribution in [-0.4, -0.2) is 10.1 Å². The van der Waals surface area contributed by atoms with Crippen molar-refractivity contribution in [3.8, 4) is 11.8 Å². The van der Waals surface area contributed by atoms with Gasteiger partial charge in [0.25, 0.3) is 0 Å². The van der Waals surface area contributed by atoms with Crippen molar-refractivity contribution >= 4 is 0 Å². The lowest BCUT2D eigenvalue weighted by Gasteiger charge is -1.94. The van der Waals surface area contributed by atoms with E-state index in [1.807, 2.05) is 6.07 Å². The second kappa shape index (κ2) is 2.83. The molecule has 1 N–H and O–H groups in total. The molecule has 1 aromatic heterocycles. The molecule has 0 aliphatic rings. The number of hydrogen-bond donors (Lipinski definition) is 1. The van der Waals surface area contributed by atoms with Crippen molar-refractivity contribution in [3.05, 3.63) is 24.0 Å². The molecule has 0 bridgehead atoms. The standard InChI is InChI=1S/C7H6N2O/c8-4-3-6-7(10)2-1-5-9-6/h1-2,5,10H,3H2. The van der Waals surface area contributed by atoms with Gasteiger partial charge in [-0.2, -0.15) is 5.26 Å². The lowest BCUT2D eigenvalue weighted by Crippen LogP contribution is -1.86. The molecule has 0 saturated carbocycles. The molecular weight excluding hydrogens is 128 g/mol. The van der Waals surface area contributed by atoms with E-state index in [4.69, 9.17) is 10.4 Å². The van der Waals surface area contributed by atoms with Crippen molar-refractivity contribution in [2.24, 2.45) is 0 Å². The van der Waals surface area contributed by atoms with Gasteiger partial charge in [0.2, 0.25) is 0 Å². The van der Waals surface area contributed by atoms with Gasteiger partial charge in [-0.25, -0.2) is 0 Å².